The molecule has 0 aliphatic carbocycles. The van der Waals surface area contributed by atoms with Crippen LogP contribution < -0.4 is 4.74 Å². The molecular weight excluding hydrogens is 334 g/mol. The summed E-state index contributed by atoms with van der Waals surface area (Å²) in [6.45, 7) is 4.05. The molecule has 1 aromatic carbocycles. The molecule has 0 saturated carbocycles. The summed E-state index contributed by atoms with van der Waals surface area (Å²) in [5, 5.41) is 0. The fourth-order valence-electron chi connectivity index (χ4n) is 3.38. The van der Waals surface area contributed by atoms with Crippen molar-refractivity contribution in [3.8, 4) is 5.75 Å². The first-order chi connectivity index (χ1) is 12.6. The first-order valence-electron chi connectivity index (χ1n) is 9.03. The summed E-state index contributed by atoms with van der Waals surface area (Å²) in [6.07, 6.45) is 0.768. The zero-order valence-corrected chi connectivity index (χ0v) is 15.1. The first-order valence-corrected chi connectivity index (χ1v) is 9.03. The molecule has 2 heterocycles. The number of likely N-dealkylation sites (tertiary alicyclic amines) is 1. The van der Waals surface area contributed by atoms with Gasteiger partial charge >= 0.3 is 0 Å². The average Bonchev–Trinajstić information content (AvgIpc) is 2.99. The Hall–Kier alpha value is -2.41. The van der Waals surface area contributed by atoms with Crippen LogP contribution in [0.1, 0.15) is 24.8 Å². The first kappa shape index (κ1) is 18.4. The van der Waals surface area contributed by atoms with Crippen LogP contribution in [0.5, 0.6) is 5.75 Å². The van der Waals surface area contributed by atoms with Gasteiger partial charge in [0.05, 0.1) is 7.11 Å². The van der Waals surface area contributed by atoms with Gasteiger partial charge in [0, 0.05) is 58.5 Å². The Bertz CT molecular complexity index is 650. The summed E-state index contributed by atoms with van der Waals surface area (Å²) < 4.78 is 5.17. The Kier molecular flexibility index (Phi) is 5.88. The predicted molar refractivity (Wildman–Crippen MR) is 95.4 cm³/mol. The van der Waals surface area contributed by atoms with Crippen LogP contribution in [0.2, 0.25) is 0 Å². The van der Waals surface area contributed by atoms with Gasteiger partial charge in [-0.05, 0) is 17.7 Å². The Morgan fingerprint density at radius 2 is 1.62 bits per heavy atom. The smallest absolute Gasteiger partial charge is 0.229 e. The van der Waals surface area contributed by atoms with Crippen LogP contribution in [0.25, 0.3) is 0 Å². The van der Waals surface area contributed by atoms with E-state index in [0.717, 1.165) is 25.4 Å². The average molecular weight is 359 g/mol. The summed E-state index contributed by atoms with van der Waals surface area (Å²) in [5.74, 6) is 0.542. The molecule has 0 N–H and O–H groups in total. The van der Waals surface area contributed by atoms with Gasteiger partial charge in [-0.2, -0.15) is 0 Å². The van der Waals surface area contributed by atoms with E-state index < -0.39 is 0 Å². The van der Waals surface area contributed by atoms with Crippen LogP contribution in [0.4, 0.5) is 0 Å². The van der Waals surface area contributed by atoms with Gasteiger partial charge in [0.1, 0.15) is 5.75 Å². The number of piperazine rings is 1. The molecule has 0 spiro atoms. The molecule has 2 fully saturated rings. The van der Waals surface area contributed by atoms with Crippen LogP contribution in [0.3, 0.4) is 0 Å². The van der Waals surface area contributed by atoms with Crippen LogP contribution in [0.15, 0.2) is 24.3 Å². The number of carbonyl (C=O) groups excluding carboxylic acids is 3. The maximum Gasteiger partial charge on any atom is 0.229 e. The zero-order valence-electron chi connectivity index (χ0n) is 15.1. The Morgan fingerprint density at radius 3 is 2.19 bits per heavy atom. The Balaban J connectivity index is 1.41. The number of carbonyl (C=O) groups is 3. The lowest BCUT2D eigenvalue weighted by atomic mass is 10.2. The molecule has 7 heteroatoms. The molecule has 1 aromatic rings. The van der Waals surface area contributed by atoms with Crippen molar-refractivity contribution < 1.29 is 19.1 Å². The number of nitrogens with zero attached hydrogens (tertiary/aromatic N) is 3. The van der Waals surface area contributed by atoms with Gasteiger partial charge < -0.3 is 9.64 Å². The molecule has 0 aromatic heterocycles. The monoisotopic (exact) mass is 359 g/mol. The maximum atomic E-state index is 12.3. The summed E-state index contributed by atoms with van der Waals surface area (Å²) in [4.78, 5) is 40.9. The van der Waals surface area contributed by atoms with Crippen molar-refractivity contribution in [2.45, 2.75) is 25.8 Å². The van der Waals surface area contributed by atoms with E-state index in [2.05, 4.69) is 17.0 Å². The number of imide groups is 1. The molecule has 3 rings (SSSR count). The molecule has 0 radical (unpaired) electrons. The van der Waals surface area contributed by atoms with E-state index in [4.69, 9.17) is 4.74 Å². The number of rotatable bonds is 6. The number of methoxy groups -OCH3 is 1. The molecule has 2 saturated heterocycles. The highest BCUT2D eigenvalue weighted by atomic mass is 16.5. The van der Waals surface area contributed by atoms with Crippen molar-refractivity contribution in [2.75, 3.05) is 39.8 Å². The van der Waals surface area contributed by atoms with Crippen molar-refractivity contribution in [3.05, 3.63) is 29.8 Å². The second-order valence-corrected chi connectivity index (χ2v) is 6.69. The van der Waals surface area contributed by atoms with E-state index >= 15 is 0 Å². The molecule has 3 amide bonds. The molecule has 2 aliphatic heterocycles. The van der Waals surface area contributed by atoms with E-state index in [1.54, 1.807) is 7.11 Å². The minimum absolute atomic E-state index is 0.0154. The fraction of sp³-hybridized carbons (Fsp3) is 0.526. The topological polar surface area (TPSA) is 70.2 Å². The Morgan fingerprint density at radius 1 is 1.00 bits per heavy atom. The number of hydrogen-bond acceptors (Lipinski definition) is 5. The van der Waals surface area contributed by atoms with E-state index in [-0.39, 0.29) is 43.5 Å². The van der Waals surface area contributed by atoms with Gasteiger partial charge in [-0.1, -0.05) is 12.1 Å². The standard InChI is InChI=1S/C19H25N3O4/c1-26-16-4-2-15(3-5-16)14-20-10-12-21(13-11-20)17(23)8-9-22-18(24)6-7-19(22)25/h2-5H,6-14H2,1H3. The van der Waals surface area contributed by atoms with Crippen LogP contribution in [-0.4, -0.2) is 72.3 Å². The van der Waals surface area contributed by atoms with Crippen molar-refractivity contribution >= 4 is 17.7 Å². The summed E-state index contributed by atoms with van der Waals surface area (Å²) in [6, 6.07) is 8.02. The summed E-state index contributed by atoms with van der Waals surface area (Å²) in [5.41, 5.74) is 1.22. The summed E-state index contributed by atoms with van der Waals surface area (Å²) >= 11 is 0. The predicted octanol–water partition coefficient (Wildman–Crippen LogP) is 0.878. The highest BCUT2D eigenvalue weighted by molar-refractivity contribution is 6.02. The van der Waals surface area contributed by atoms with Gasteiger partial charge in [-0.3, -0.25) is 24.2 Å². The van der Waals surface area contributed by atoms with E-state index in [9.17, 15) is 14.4 Å². The maximum absolute atomic E-state index is 12.3. The zero-order chi connectivity index (χ0) is 18.5. The van der Waals surface area contributed by atoms with Gasteiger partial charge in [0.15, 0.2) is 0 Å². The lowest BCUT2D eigenvalue weighted by molar-refractivity contribution is -0.139. The Labute approximate surface area is 153 Å². The van der Waals surface area contributed by atoms with Crippen molar-refractivity contribution in [1.29, 1.82) is 0 Å². The minimum Gasteiger partial charge on any atom is -0.497 e. The molecule has 0 atom stereocenters. The second kappa shape index (κ2) is 8.31. The summed E-state index contributed by atoms with van der Waals surface area (Å²) in [7, 11) is 1.65. The molecule has 0 unspecified atom stereocenters. The third-order valence-corrected chi connectivity index (χ3v) is 4.99. The fourth-order valence-corrected chi connectivity index (χ4v) is 3.38. The van der Waals surface area contributed by atoms with Crippen molar-refractivity contribution in [2.24, 2.45) is 0 Å². The largest absolute Gasteiger partial charge is 0.497 e. The molecule has 26 heavy (non-hydrogen) atoms. The normalized spacial score (nSPS) is 18.5. The van der Waals surface area contributed by atoms with Gasteiger partial charge in [-0.15, -0.1) is 0 Å². The van der Waals surface area contributed by atoms with E-state index in [0.29, 0.717) is 13.1 Å². The van der Waals surface area contributed by atoms with Gasteiger partial charge in [-0.25, -0.2) is 0 Å². The van der Waals surface area contributed by atoms with Crippen molar-refractivity contribution in [3.63, 3.8) is 0 Å². The van der Waals surface area contributed by atoms with E-state index in [1.165, 1.54) is 10.5 Å². The lowest BCUT2D eigenvalue weighted by Gasteiger charge is -2.35. The van der Waals surface area contributed by atoms with Crippen LogP contribution >= 0.6 is 0 Å². The second-order valence-electron chi connectivity index (χ2n) is 6.69. The van der Waals surface area contributed by atoms with Crippen molar-refractivity contribution in [1.82, 2.24) is 14.7 Å². The van der Waals surface area contributed by atoms with E-state index in [1.807, 2.05) is 17.0 Å². The molecular formula is C19H25N3O4. The molecule has 140 valence electrons. The number of hydrogen-bond donors (Lipinski definition) is 0. The highest BCUT2D eigenvalue weighted by Gasteiger charge is 2.30. The molecule has 7 nitrogen and oxygen atoms in total. The number of amides is 3. The SMILES string of the molecule is COc1ccc(CN2CCN(C(=O)CCN3C(=O)CCC3=O)CC2)cc1. The van der Waals surface area contributed by atoms with Gasteiger partial charge in [0.2, 0.25) is 17.7 Å². The third-order valence-electron chi connectivity index (χ3n) is 4.99. The van der Waals surface area contributed by atoms with Gasteiger partial charge in [0.25, 0.3) is 0 Å². The highest BCUT2D eigenvalue weighted by Crippen LogP contribution is 2.15. The lowest BCUT2D eigenvalue weighted by Crippen LogP contribution is -2.49. The van der Waals surface area contributed by atoms with Crippen LogP contribution in [-0.2, 0) is 20.9 Å². The van der Waals surface area contributed by atoms with Crippen LogP contribution in [0, 0.1) is 0 Å². The number of ether oxygens (including phenoxy) is 1. The third kappa shape index (κ3) is 4.40. The minimum atomic E-state index is -0.160. The quantitative estimate of drug-likeness (QED) is 0.705. The number of benzene rings is 1. The molecule has 2 aliphatic rings. The molecule has 0 bridgehead atoms.